The van der Waals surface area contributed by atoms with Crippen molar-refractivity contribution in [1.29, 1.82) is 5.41 Å². The molecule has 1 rings (SSSR count). The number of rotatable bonds is 13. The van der Waals surface area contributed by atoms with E-state index in [4.69, 9.17) is 11.1 Å². The maximum Gasteiger partial charge on any atom is 0.305 e. The van der Waals surface area contributed by atoms with E-state index < -0.39 is 48.2 Å². The van der Waals surface area contributed by atoms with Crippen LogP contribution in [0.1, 0.15) is 65.2 Å². The first kappa shape index (κ1) is 27.9. The van der Waals surface area contributed by atoms with Gasteiger partial charge in [0.1, 0.15) is 12.1 Å². The Kier molecular flexibility index (Phi) is 11.9. The summed E-state index contributed by atoms with van der Waals surface area (Å²) in [6.45, 7) is 4.16. The second-order valence-corrected chi connectivity index (χ2v) is 8.13. The predicted molar refractivity (Wildman–Crippen MR) is 120 cm³/mol. The van der Waals surface area contributed by atoms with E-state index in [0.717, 1.165) is 12.8 Å². The fourth-order valence-corrected chi connectivity index (χ4v) is 3.90. The van der Waals surface area contributed by atoms with E-state index in [1.807, 2.05) is 13.8 Å². The van der Waals surface area contributed by atoms with Crippen molar-refractivity contribution in [2.45, 2.75) is 77.3 Å². The molecule has 12 nitrogen and oxygen atoms in total. The molecule has 0 aromatic rings. The minimum Gasteiger partial charge on any atom is -0.481 e. The Hall–Kier alpha value is -3.18. The van der Waals surface area contributed by atoms with Crippen LogP contribution in [0.5, 0.6) is 0 Å². The average Bonchev–Trinajstić information content (AvgIpc) is 3.21. The summed E-state index contributed by atoms with van der Waals surface area (Å²) in [5.41, 5.74) is 5.07. The van der Waals surface area contributed by atoms with Crippen molar-refractivity contribution in [3.8, 4) is 0 Å². The number of carboxylic acid groups (broad SMARTS) is 1. The Morgan fingerprint density at radius 2 is 1.79 bits per heavy atom. The molecule has 0 radical (unpaired) electrons. The molecule has 0 unspecified atom stereocenters. The molecule has 1 saturated heterocycles. The molecule has 0 bridgehead atoms. The standard InChI is InChI=1S/C21H36N6O6/c1-3-6-13(7-4-2)18(31)25-14(12-17(29)30)20(33)27-11-5-8-15(27)19(32)24-10-9-16(28)26-21(22)23/h13-15H,3-12H2,1-2H3,(H,24,32)(H,25,31)(H,29,30)(H4,22,23,26,28)/t14-,15-/m0/s1. The molecule has 0 saturated carbocycles. The lowest BCUT2D eigenvalue weighted by molar-refractivity contribution is -0.146. The van der Waals surface area contributed by atoms with Crippen LogP contribution in [-0.4, -0.2) is 70.7 Å². The van der Waals surface area contributed by atoms with Crippen molar-refractivity contribution in [2.24, 2.45) is 11.7 Å². The highest BCUT2D eigenvalue weighted by Gasteiger charge is 2.38. The first-order valence-electron chi connectivity index (χ1n) is 11.3. The molecule has 7 N–H and O–H groups in total. The van der Waals surface area contributed by atoms with E-state index in [9.17, 15) is 29.1 Å². The Bertz CT molecular complexity index is 737. The maximum atomic E-state index is 13.1. The van der Waals surface area contributed by atoms with Crippen molar-refractivity contribution in [2.75, 3.05) is 13.1 Å². The van der Waals surface area contributed by atoms with Crippen LogP contribution in [0.3, 0.4) is 0 Å². The summed E-state index contributed by atoms with van der Waals surface area (Å²) >= 11 is 0. The third kappa shape index (κ3) is 9.46. The first-order valence-corrected chi connectivity index (χ1v) is 11.3. The third-order valence-corrected chi connectivity index (χ3v) is 5.40. The fraction of sp³-hybridized carbons (Fsp3) is 0.714. The van der Waals surface area contributed by atoms with Gasteiger partial charge in [0.05, 0.1) is 6.42 Å². The zero-order valence-electron chi connectivity index (χ0n) is 19.3. The van der Waals surface area contributed by atoms with E-state index in [0.29, 0.717) is 25.7 Å². The molecule has 186 valence electrons. The largest absolute Gasteiger partial charge is 0.481 e. The quantitative estimate of drug-likeness (QED) is 0.157. The highest BCUT2D eigenvalue weighted by molar-refractivity contribution is 5.96. The topological polar surface area (TPSA) is 195 Å². The number of nitrogens with two attached hydrogens (primary N) is 1. The lowest BCUT2D eigenvalue weighted by Gasteiger charge is -2.29. The number of amides is 4. The zero-order chi connectivity index (χ0) is 25.0. The lowest BCUT2D eigenvalue weighted by Crippen LogP contribution is -2.55. The van der Waals surface area contributed by atoms with Crippen molar-refractivity contribution >= 4 is 35.6 Å². The van der Waals surface area contributed by atoms with Crippen LogP contribution in [0, 0.1) is 11.3 Å². The Morgan fingerprint density at radius 3 is 2.33 bits per heavy atom. The zero-order valence-corrected chi connectivity index (χ0v) is 19.3. The molecule has 33 heavy (non-hydrogen) atoms. The highest BCUT2D eigenvalue weighted by Crippen LogP contribution is 2.20. The van der Waals surface area contributed by atoms with E-state index in [-0.39, 0.29) is 31.3 Å². The Balaban J connectivity index is 2.81. The van der Waals surface area contributed by atoms with Gasteiger partial charge in [-0.2, -0.15) is 0 Å². The molecule has 1 aliphatic rings. The van der Waals surface area contributed by atoms with Gasteiger partial charge in [-0.25, -0.2) is 0 Å². The van der Waals surface area contributed by atoms with Crippen LogP contribution in [0.4, 0.5) is 0 Å². The normalized spacial score (nSPS) is 16.2. The number of likely N-dealkylation sites (tertiary alicyclic amines) is 1. The molecule has 1 heterocycles. The van der Waals surface area contributed by atoms with Crippen molar-refractivity contribution in [3.05, 3.63) is 0 Å². The van der Waals surface area contributed by atoms with Gasteiger partial charge in [0.2, 0.25) is 23.6 Å². The number of carboxylic acids is 1. The van der Waals surface area contributed by atoms with E-state index >= 15 is 0 Å². The minimum absolute atomic E-state index is 0.0124. The number of guanidine groups is 1. The van der Waals surface area contributed by atoms with E-state index in [1.165, 1.54) is 4.90 Å². The SMILES string of the molecule is CCCC(CCC)C(=O)N[C@@H](CC(=O)O)C(=O)N1CCC[C@H]1C(=O)NCCC(=O)NC(=N)N. The molecule has 4 amide bonds. The average molecular weight is 469 g/mol. The van der Waals surface area contributed by atoms with Gasteiger partial charge in [0.15, 0.2) is 5.96 Å². The summed E-state index contributed by atoms with van der Waals surface area (Å²) in [6, 6.07) is -2.08. The molecule has 0 aromatic heterocycles. The Morgan fingerprint density at radius 1 is 1.15 bits per heavy atom. The van der Waals surface area contributed by atoms with Crippen molar-refractivity contribution in [3.63, 3.8) is 0 Å². The second-order valence-electron chi connectivity index (χ2n) is 8.13. The number of carbonyl (C=O) groups excluding carboxylic acids is 4. The number of hydrogen-bond donors (Lipinski definition) is 6. The van der Waals surface area contributed by atoms with Gasteiger partial charge >= 0.3 is 5.97 Å². The van der Waals surface area contributed by atoms with Crippen LogP contribution in [0.25, 0.3) is 0 Å². The molecule has 1 aliphatic heterocycles. The van der Waals surface area contributed by atoms with E-state index in [2.05, 4.69) is 16.0 Å². The number of nitrogens with one attached hydrogen (secondary N) is 4. The second kappa shape index (κ2) is 14.1. The number of aliphatic carboxylic acids is 1. The predicted octanol–water partition coefficient (Wildman–Crippen LogP) is -0.331. The lowest BCUT2D eigenvalue weighted by atomic mass is 9.96. The first-order chi connectivity index (χ1) is 15.6. The van der Waals surface area contributed by atoms with Gasteiger partial charge in [-0.3, -0.25) is 34.7 Å². The fourth-order valence-electron chi connectivity index (χ4n) is 3.90. The Labute approximate surface area is 193 Å². The number of nitrogens with zero attached hydrogens (tertiary/aromatic N) is 1. The summed E-state index contributed by atoms with van der Waals surface area (Å²) < 4.78 is 0. The molecule has 1 fully saturated rings. The van der Waals surface area contributed by atoms with Crippen LogP contribution in [0.15, 0.2) is 0 Å². The summed E-state index contributed by atoms with van der Waals surface area (Å²) in [5.74, 6) is -3.98. The third-order valence-electron chi connectivity index (χ3n) is 5.40. The van der Waals surface area contributed by atoms with Gasteiger partial charge < -0.3 is 26.4 Å². The van der Waals surface area contributed by atoms with Gasteiger partial charge in [0, 0.05) is 25.4 Å². The summed E-state index contributed by atoms with van der Waals surface area (Å²) in [6.07, 6.45) is 3.11. The summed E-state index contributed by atoms with van der Waals surface area (Å²) in [4.78, 5) is 62.6. The smallest absolute Gasteiger partial charge is 0.305 e. The molecular weight excluding hydrogens is 432 g/mol. The minimum atomic E-state index is -1.26. The molecular formula is C21H36N6O6. The van der Waals surface area contributed by atoms with Crippen LogP contribution < -0.4 is 21.7 Å². The molecule has 2 atom stereocenters. The van der Waals surface area contributed by atoms with Gasteiger partial charge in [0.25, 0.3) is 0 Å². The molecule has 0 aromatic carbocycles. The van der Waals surface area contributed by atoms with Crippen molar-refractivity contribution in [1.82, 2.24) is 20.9 Å². The molecule has 12 heteroatoms. The van der Waals surface area contributed by atoms with Crippen molar-refractivity contribution < 1.29 is 29.1 Å². The number of hydrogen-bond acceptors (Lipinski definition) is 6. The molecule has 0 spiro atoms. The summed E-state index contributed by atoms with van der Waals surface area (Å²) in [5, 5.41) is 23.6. The van der Waals surface area contributed by atoms with Crippen LogP contribution in [0.2, 0.25) is 0 Å². The summed E-state index contributed by atoms with van der Waals surface area (Å²) in [7, 11) is 0. The van der Waals surface area contributed by atoms with Gasteiger partial charge in [-0.05, 0) is 25.7 Å². The van der Waals surface area contributed by atoms with Crippen LogP contribution >= 0.6 is 0 Å². The maximum absolute atomic E-state index is 13.1. The number of carbonyl (C=O) groups is 5. The molecule has 0 aliphatic carbocycles. The van der Waals surface area contributed by atoms with Crippen LogP contribution in [-0.2, 0) is 24.0 Å². The van der Waals surface area contributed by atoms with Gasteiger partial charge in [-0.1, -0.05) is 26.7 Å². The highest BCUT2D eigenvalue weighted by atomic mass is 16.4. The van der Waals surface area contributed by atoms with Gasteiger partial charge in [-0.15, -0.1) is 0 Å². The van der Waals surface area contributed by atoms with E-state index in [1.54, 1.807) is 0 Å². The monoisotopic (exact) mass is 468 g/mol.